The first-order valence-electron chi connectivity index (χ1n) is 5.19. The highest BCUT2D eigenvalue weighted by Gasteiger charge is 2.14. The van der Waals surface area contributed by atoms with Crippen molar-refractivity contribution < 1.29 is 19.4 Å². The van der Waals surface area contributed by atoms with Gasteiger partial charge in [0.25, 0.3) is 5.91 Å². The smallest absolute Gasteiger partial charge is 0.355 e. The molecule has 2 aromatic rings. The second-order valence-corrected chi connectivity index (χ2v) is 5.29. The van der Waals surface area contributed by atoms with Crippen LogP contribution in [-0.2, 0) is 6.54 Å². The summed E-state index contributed by atoms with van der Waals surface area (Å²) >= 11 is 2.47. The lowest BCUT2D eigenvalue weighted by Crippen LogP contribution is -2.22. The van der Waals surface area contributed by atoms with E-state index in [0.29, 0.717) is 15.6 Å². The minimum atomic E-state index is -1.08. The predicted molar refractivity (Wildman–Crippen MR) is 71.1 cm³/mol. The number of thiazole rings is 1. The molecule has 2 heterocycles. The van der Waals surface area contributed by atoms with Gasteiger partial charge in [-0.25, -0.2) is 9.78 Å². The standard InChI is InChI=1S/C11H10N2O4S2/c1-17-7-2-3-18-9(7)10(14)12-4-8-13-6(5-19-8)11(15)16/h2-3,5H,4H2,1H3,(H,12,14)(H,15,16). The van der Waals surface area contributed by atoms with Gasteiger partial charge in [-0.05, 0) is 11.4 Å². The van der Waals surface area contributed by atoms with Crippen molar-refractivity contribution in [3.63, 3.8) is 0 Å². The van der Waals surface area contributed by atoms with E-state index in [1.165, 1.54) is 35.2 Å². The van der Waals surface area contributed by atoms with Crippen molar-refractivity contribution in [1.82, 2.24) is 10.3 Å². The molecule has 1 amide bonds. The molecule has 19 heavy (non-hydrogen) atoms. The zero-order chi connectivity index (χ0) is 13.8. The van der Waals surface area contributed by atoms with Crippen LogP contribution in [0.3, 0.4) is 0 Å². The summed E-state index contributed by atoms with van der Waals surface area (Å²) in [6.07, 6.45) is 0. The normalized spacial score (nSPS) is 10.2. The van der Waals surface area contributed by atoms with Gasteiger partial charge in [0.15, 0.2) is 5.69 Å². The van der Waals surface area contributed by atoms with E-state index < -0.39 is 5.97 Å². The van der Waals surface area contributed by atoms with Crippen molar-refractivity contribution in [3.8, 4) is 5.75 Å². The lowest BCUT2D eigenvalue weighted by molar-refractivity contribution is 0.0691. The number of rotatable bonds is 5. The second kappa shape index (κ2) is 5.81. The molecule has 100 valence electrons. The van der Waals surface area contributed by atoms with Crippen LogP contribution in [0.1, 0.15) is 25.2 Å². The van der Waals surface area contributed by atoms with Gasteiger partial charge in [-0.2, -0.15) is 0 Å². The van der Waals surface area contributed by atoms with E-state index in [0.717, 1.165) is 0 Å². The van der Waals surface area contributed by atoms with Crippen LogP contribution in [0.4, 0.5) is 0 Å². The number of methoxy groups -OCH3 is 1. The fourth-order valence-electron chi connectivity index (χ4n) is 1.35. The first kappa shape index (κ1) is 13.5. The molecule has 0 radical (unpaired) electrons. The Balaban J connectivity index is 1.98. The van der Waals surface area contributed by atoms with Crippen molar-refractivity contribution >= 4 is 34.6 Å². The Bertz CT molecular complexity index is 605. The van der Waals surface area contributed by atoms with Crippen LogP contribution in [0, 0.1) is 0 Å². The molecule has 0 saturated carbocycles. The quantitative estimate of drug-likeness (QED) is 0.879. The number of thiophene rings is 1. The number of nitrogens with zero attached hydrogens (tertiary/aromatic N) is 1. The molecule has 2 N–H and O–H groups in total. The van der Waals surface area contributed by atoms with Gasteiger partial charge in [0.1, 0.15) is 15.6 Å². The molecule has 0 unspecified atom stereocenters. The van der Waals surface area contributed by atoms with Gasteiger partial charge in [-0.1, -0.05) is 0 Å². The number of carboxylic acids is 1. The van der Waals surface area contributed by atoms with E-state index in [2.05, 4.69) is 10.3 Å². The van der Waals surface area contributed by atoms with Crippen molar-refractivity contribution in [2.75, 3.05) is 7.11 Å². The minimum absolute atomic E-state index is 0.0112. The van der Waals surface area contributed by atoms with E-state index in [4.69, 9.17) is 9.84 Å². The largest absolute Gasteiger partial charge is 0.495 e. The Kier molecular flexibility index (Phi) is 4.13. The summed E-state index contributed by atoms with van der Waals surface area (Å²) in [7, 11) is 1.50. The van der Waals surface area contributed by atoms with E-state index in [1.54, 1.807) is 11.4 Å². The third-order valence-electron chi connectivity index (χ3n) is 2.23. The summed E-state index contributed by atoms with van der Waals surface area (Å²) in [6.45, 7) is 0.192. The summed E-state index contributed by atoms with van der Waals surface area (Å²) in [5.74, 6) is -0.819. The monoisotopic (exact) mass is 298 g/mol. The van der Waals surface area contributed by atoms with Gasteiger partial charge in [0.2, 0.25) is 0 Å². The molecular weight excluding hydrogens is 288 g/mol. The van der Waals surface area contributed by atoms with Gasteiger partial charge in [-0.15, -0.1) is 22.7 Å². The van der Waals surface area contributed by atoms with E-state index in [-0.39, 0.29) is 18.1 Å². The van der Waals surface area contributed by atoms with Crippen LogP contribution in [0.5, 0.6) is 5.75 Å². The second-order valence-electron chi connectivity index (χ2n) is 3.43. The fraction of sp³-hybridized carbons (Fsp3) is 0.182. The summed E-state index contributed by atoms with van der Waals surface area (Å²) < 4.78 is 5.05. The van der Waals surface area contributed by atoms with Crippen LogP contribution in [0.2, 0.25) is 0 Å². The number of aromatic nitrogens is 1. The molecule has 0 aliphatic heterocycles. The zero-order valence-electron chi connectivity index (χ0n) is 9.87. The predicted octanol–water partition coefficient (Wildman–Crippen LogP) is 1.84. The first-order chi connectivity index (χ1) is 9.11. The molecule has 2 rings (SSSR count). The van der Waals surface area contributed by atoms with Crippen LogP contribution in [-0.4, -0.2) is 29.1 Å². The van der Waals surface area contributed by atoms with E-state index in [1.807, 2.05) is 0 Å². The third kappa shape index (κ3) is 3.09. The van der Waals surface area contributed by atoms with Gasteiger partial charge in [0, 0.05) is 5.38 Å². The molecule has 0 bridgehead atoms. The summed E-state index contributed by atoms with van der Waals surface area (Å²) in [5.41, 5.74) is -0.0112. The fourth-order valence-corrected chi connectivity index (χ4v) is 2.83. The highest BCUT2D eigenvalue weighted by atomic mass is 32.1. The van der Waals surface area contributed by atoms with Crippen molar-refractivity contribution in [2.45, 2.75) is 6.54 Å². The number of hydrogen-bond donors (Lipinski definition) is 2. The molecule has 6 nitrogen and oxygen atoms in total. The molecular formula is C11H10N2O4S2. The Morgan fingerprint density at radius 2 is 2.26 bits per heavy atom. The average molecular weight is 298 g/mol. The molecule has 2 aromatic heterocycles. The molecule has 0 spiro atoms. The summed E-state index contributed by atoms with van der Waals surface area (Å²) in [5, 5.41) is 15.2. The van der Waals surface area contributed by atoms with E-state index >= 15 is 0 Å². The van der Waals surface area contributed by atoms with Crippen molar-refractivity contribution in [3.05, 3.63) is 32.4 Å². The maximum absolute atomic E-state index is 11.9. The molecule has 0 aromatic carbocycles. The Hall–Kier alpha value is -1.93. The maximum atomic E-state index is 11.9. The van der Waals surface area contributed by atoms with Crippen molar-refractivity contribution in [1.29, 1.82) is 0 Å². The zero-order valence-corrected chi connectivity index (χ0v) is 11.5. The molecule has 0 aliphatic carbocycles. The molecule has 0 aliphatic rings. The number of aromatic carboxylic acids is 1. The van der Waals surface area contributed by atoms with Gasteiger partial charge >= 0.3 is 5.97 Å². The summed E-state index contributed by atoms with van der Waals surface area (Å²) in [4.78, 5) is 26.9. The minimum Gasteiger partial charge on any atom is -0.495 e. The van der Waals surface area contributed by atoms with Gasteiger partial charge < -0.3 is 15.2 Å². The number of amides is 1. The highest BCUT2D eigenvalue weighted by molar-refractivity contribution is 7.12. The summed E-state index contributed by atoms with van der Waals surface area (Å²) in [6, 6.07) is 1.71. The average Bonchev–Trinajstić information content (AvgIpc) is 3.04. The SMILES string of the molecule is COc1ccsc1C(=O)NCc1nc(C(=O)O)cs1. The number of ether oxygens (including phenoxy) is 1. The van der Waals surface area contributed by atoms with Crippen molar-refractivity contribution in [2.24, 2.45) is 0 Å². The number of carbonyl (C=O) groups excluding carboxylic acids is 1. The molecule has 0 saturated heterocycles. The molecule has 0 fully saturated rings. The maximum Gasteiger partial charge on any atom is 0.355 e. The van der Waals surface area contributed by atoms with Crippen LogP contribution in [0.25, 0.3) is 0 Å². The van der Waals surface area contributed by atoms with Crippen LogP contribution in [0.15, 0.2) is 16.8 Å². The Morgan fingerprint density at radius 1 is 1.47 bits per heavy atom. The third-order valence-corrected chi connectivity index (χ3v) is 3.97. The lowest BCUT2D eigenvalue weighted by Gasteiger charge is -2.03. The van der Waals surface area contributed by atoms with Crippen LogP contribution >= 0.6 is 22.7 Å². The number of carbonyl (C=O) groups is 2. The van der Waals surface area contributed by atoms with Crippen LogP contribution < -0.4 is 10.1 Å². The number of nitrogens with one attached hydrogen (secondary N) is 1. The van der Waals surface area contributed by atoms with E-state index in [9.17, 15) is 9.59 Å². The first-order valence-corrected chi connectivity index (χ1v) is 6.95. The Labute approximate surface area is 116 Å². The molecule has 0 atom stereocenters. The van der Waals surface area contributed by atoms with Gasteiger partial charge in [0.05, 0.1) is 13.7 Å². The van der Waals surface area contributed by atoms with Gasteiger partial charge in [-0.3, -0.25) is 4.79 Å². The Morgan fingerprint density at radius 3 is 2.89 bits per heavy atom. The number of hydrogen-bond acceptors (Lipinski definition) is 6. The molecule has 8 heteroatoms. The lowest BCUT2D eigenvalue weighted by atomic mass is 10.4. The number of carboxylic acid groups (broad SMARTS) is 1. The topological polar surface area (TPSA) is 88.5 Å². The highest BCUT2D eigenvalue weighted by Crippen LogP contribution is 2.24.